The average molecular weight is 208 g/mol. The molecule has 15 heavy (non-hydrogen) atoms. The van der Waals surface area contributed by atoms with E-state index in [4.69, 9.17) is 0 Å². The molecule has 0 bridgehead atoms. The fraction of sp³-hybridized carbons (Fsp3) is 0.583. The van der Waals surface area contributed by atoms with Crippen LogP contribution in [-0.2, 0) is 6.54 Å². The molecule has 0 N–H and O–H groups in total. The van der Waals surface area contributed by atoms with Gasteiger partial charge in [-0.3, -0.25) is 4.79 Å². The van der Waals surface area contributed by atoms with Crippen LogP contribution in [0.1, 0.15) is 17.8 Å². The Labute approximate surface area is 91.3 Å². The number of hydrogen-bond donors (Lipinski definition) is 0. The number of aromatic nitrogens is 1. The van der Waals surface area contributed by atoms with Gasteiger partial charge in [0.25, 0.3) is 0 Å². The van der Waals surface area contributed by atoms with Crippen LogP contribution in [0.4, 0.5) is 0 Å². The molecule has 3 heteroatoms. The van der Waals surface area contributed by atoms with E-state index in [9.17, 15) is 4.79 Å². The number of nitrogens with zero attached hydrogens (tertiary/aromatic N) is 2. The molecule has 1 heterocycles. The molecule has 0 aromatic carbocycles. The normalized spacial score (nSPS) is 11.0. The largest absolute Gasteiger partial charge is 0.349 e. The van der Waals surface area contributed by atoms with Crippen LogP contribution >= 0.6 is 0 Å². The SMILES string of the molecule is Cc1cc(=O)cc(C)n1CCCN(C)C. The molecule has 1 aromatic heterocycles. The summed E-state index contributed by atoms with van der Waals surface area (Å²) in [4.78, 5) is 13.4. The minimum absolute atomic E-state index is 0.105. The molecular weight excluding hydrogens is 188 g/mol. The Bertz CT molecular complexity index is 353. The number of aryl methyl sites for hydroxylation is 2. The summed E-state index contributed by atoms with van der Waals surface area (Å²) in [5.74, 6) is 0. The molecule has 0 aliphatic heterocycles. The first-order valence-electron chi connectivity index (χ1n) is 5.33. The summed E-state index contributed by atoms with van der Waals surface area (Å²) < 4.78 is 2.20. The van der Waals surface area contributed by atoms with E-state index in [0.717, 1.165) is 30.9 Å². The van der Waals surface area contributed by atoms with E-state index in [1.54, 1.807) is 12.1 Å². The van der Waals surface area contributed by atoms with Crippen molar-refractivity contribution in [3.63, 3.8) is 0 Å². The molecule has 0 aliphatic rings. The van der Waals surface area contributed by atoms with Crippen molar-refractivity contribution in [2.75, 3.05) is 20.6 Å². The molecule has 0 spiro atoms. The van der Waals surface area contributed by atoms with Gasteiger partial charge >= 0.3 is 0 Å². The third-order valence-electron chi connectivity index (χ3n) is 2.54. The Kier molecular flexibility index (Phi) is 4.09. The molecule has 0 unspecified atom stereocenters. The van der Waals surface area contributed by atoms with E-state index in [1.165, 1.54) is 0 Å². The topological polar surface area (TPSA) is 25.2 Å². The summed E-state index contributed by atoms with van der Waals surface area (Å²) >= 11 is 0. The smallest absolute Gasteiger partial charge is 0.182 e. The Balaban J connectivity index is 2.73. The minimum Gasteiger partial charge on any atom is -0.349 e. The zero-order chi connectivity index (χ0) is 11.4. The monoisotopic (exact) mass is 208 g/mol. The molecule has 0 fully saturated rings. The van der Waals surface area contributed by atoms with Crippen LogP contribution in [0.15, 0.2) is 16.9 Å². The van der Waals surface area contributed by atoms with Crippen molar-refractivity contribution < 1.29 is 0 Å². The third-order valence-corrected chi connectivity index (χ3v) is 2.54. The predicted octanol–water partition coefficient (Wildman–Crippen LogP) is 1.42. The summed E-state index contributed by atoms with van der Waals surface area (Å²) in [6.45, 7) is 6.04. The summed E-state index contributed by atoms with van der Waals surface area (Å²) in [6.07, 6.45) is 1.11. The summed E-state index contributed by atoms with van der Waals surface area (Å²) in [5, 5.41) is 0. The maximum atomic E-state index is 11.2. The summed E-state index contributed by atoms with van der Waals surface area (Å²) in [7, 11) is 4.15. The average Bonchev–Trinajstić information content (AvgIpc) is 2.08. The highest BCUT2D eigenvalue weighted by molar-refractivity contribution is 5.12. The van der Waals surface area contributed by atoms with Crippen molar-refractivity contribution in [2.24, 2.45) is 0 Å². The van der Waals surface area contributed by atoms with Crippen molar-refractivity contribution >= 4 is 0 Å². The highest BCUT2D eigenvalue weighted by atomic mass is 16.1. The first-order valence-corrected chi connectivity index (χ1v) is 5.33. The number of hydrogen-bond acceptors (Lipinski definition) is 2. The van der Waals surface area contributed by atoms with E-state index >= 15 is 0 Å². The maximum absolute atomic E-state index is 11.2. The molecular formula is C12H20N2O. The van der Waals surface area contributed by atoms with Crippen molar-refractivity contribution in [2.45, 2.75) is 26.8 Å². The van der Waals surface area contributed by atoms with Crippen molar-refractivity contribution in [3.8, 4) is 0 Å². The lowest BCUT2D eigenvalue weighted by atomic mass is 10.2. The van der Waals surface area contributed by atoms with E-state index < -0.39 is 0 Å². The number of pyridine rings is 1. The minimum atomic E-state index is 0.105. The van der Waals surface area contributed by atoms with Gasteiger partial charge in [0.05, 0.1) is 0 Å². The number of rotatable bonds is 4. The molecule has 84 valence electrons. The van der Waals surface area contributed by atoms with Gasteiger partial charge in [-0.1, -0.05) is 0 Å². The molecule has 1 rings (SSSR count). The van der Waals surface area contributed by atoms with Crippen LogP contribution in [0, 0.1) is 13.8 Å². The Morgan fingerprint density at radius 1 is 1.20 bits per heavy atom. The zero-order valence-corrected chi connectivity index (χ0v) is 10.1. The van der Waals surface area contributed by atoms with Crippen molar-refractivity contribution in [1.29, 1.82) is 0 Å². The van der Waals surface area contributed by atoms with Gasteiger partial charge in [-0.15, -0.1) is 0 Å². The first-order chi connectivity index (χ1) is 7.00. The highest BCUT2D eigenvalue weighted by Crippen LogP contribution is 2.03. The van der Waals surface area contributed by atoms with Gasteiger partial charge in [0.15, 0.2) is 5.43 Å². The second-order valence-electron chi connectivity index (χ2n) is 4.28. The predicted molar refractivity (Wildman–Crippen MR) is 63.3 cm³/mol. The fourth-order valence-corrected chi connectivity index (χ4v) is 1.79. The van der Waals surface area contributed by atoms with E-state index in [-0.39, 0.29) is 5.43 Å². The van der Waals surface area contributed by atoms with Gasteiger partial charge in [-0.05, 0) is 40.9 Å². The van der Waals surface area contributed by atoms with Crippen LogP contribution in [-0.4, -0.2) is 30.1 Å². The van der Waals surface area contributed by atoms with Crippen molar-refractivity contribution in [1.82, 2.24) is 9.47 Å². The molecule has 0 radical (unpaired) electrons. The van der Waals surface area contributed by atoms with Crippen LogP contribution in [0.5, 0.6) is 0 Å². The fourth-order valence-electron chi connectivity index (χ4n) is 1.79. The lowest BCUT2D eigenvalue weighted by Gasteiger charge is -2.15. The summed E-state index contributed by atoms with van der Waals surface area (Å²) in [6, 6.07) is 3.39. The molecule has 0 aliphatic carbocycles. The lowest BCUT2D eigenvalue weighted by Crippen LogP contribution is -2.18. The van der Waals surface area contributed by atoms with Gasteiger partial charge in [0.2, 0.25) is 0 Å². The van der Waals surface area contributed by atoms with Gasteiger partial charge < -0.3 is 9.47 Å². The maximum Gasteiger partial charge on any atom is 0.182 e. The standard InChI is InChI=1S/C12H20N2O/c1-10-8-12(15)9-11(2)14(10)7-5-6-13(3)4/h8-9H,5-7H2,1-4H3. The first kappa shape index (κ1) is 12.0. The molecule has 1 aromatic rings. The van der Waals surface area contributed by atoms with E-state index in [1.807, 2.05) is 13.8 Å². The van der Waals surface area contributed by atoms with Gasteiger partial charge in [0, 0.05) is 30.1 Å². The van der Waals surface area contributed by atoms with Crippen LogP contribution in [0.2, 0.25) is 0 Å². The van der Waals surface area contributed by atoms with Gasteiger partial charge in [0.1, 0.15) is 0 Å². The Hall–Kier alpha value is -1.09. The summed E-state index contributed by atoms with van der Waals surface area (Å²) in [5.41, 5.74) is 2.21. The van der Waals surface area contributed by atoms with Crippen LogP contribution in [0.25, 0.3) is 0 Å². The zero-order valence-electron chi connectivity index (χ0n) is 10.1. The lowest BCUT2D eigenvalue weighted by molar-refractivity contribution is 0.384. The van der Waals surface area contributed by atoms with E-state index in [2.05, 4.69) is 23.6 Å². The molecule has 3 nitrogen and oxygen atoms in total. The van der Waals surface area contributed by atoms with Crippen molar-refractivity contribution in [3.05, 3.63) is 33.7 Å². The second kappa shape index (κ2) is 5.12. The molecule has 0 amide bonds. The second-order valence-corrected chi connectivity index (χ2v) is 4.28. The Morgan fingerprint density at radius 2 is 1.73 bits per heavy atom. The highest BCUT2D eigenvalue weighted by Gasteiger charge is 2.01. The Morgan fingerprint density at radius 3 is 2.20 bits per heavy atom. The molecule has 0 saturated carbocycles. The molecule has 0 atom stereocenters. The van der Waals surface area contributed by atoms with E-state index in [0.29, 0.717) is 0 Å². The molecule has 0 saturated heterocycles. The van der Waals surface area contributed by atoms with Gasteiger partial charge in [-0.25, -0.2) is 0 Å². The third kappa shape index (κ3) is 3.51. The quantitative estimate of drug-likeness (QED) is 0.747. The van der Waals surface area contributed by atoms with Crippen LogP contribution in [0.3, 0.4) is 0 Å². The van der Waals surface area contributed by atoms with Crippen LogP contribution < -0.4 is 5.43 Å². The van der Waals surface area contributed by atoms with Gasteiger partial charge in [-0.2, -0.15) is 0 Å².